The van der Waals surface area contributed by atoms with Crippen molar-refractivity contribution in [1.29, 1.82) is 0 Å². The van der Waals surface area contributed by atoms with Crippen LogP contribution in [0.3, 0.4) is 0 Å². The quantitative estimate of drug-likeness (QED) is 0.453. The summed E-state index contributed by atoms with van der Waals surface area (Å²) in [6.07, 6.45) is 5.26. The number of fused-ring (bicyclic) bond motifs is 4. The van der Waals surface area contributed by atoms with E-state index in [1.54, 1.807) is 23.9 Å². The normalized spacial score (nSPS) is 16.0. The third-order valence-corrected chi connectivity index (χ3v) is 6.35. The Bertz CT molecular complexity index is 1230. The van der Waals surface area contributed by atoms with E-state index in [0.717, 1.165) is 45.5 Å². The van der Waals surface area contributed by atoms with Crippen LogP contribution in [0, 0.1) is 0 Å². The van der Waals surface area contributed by atoms with E-state index >= 15 is 0 Å². The van der Waals surface area contributed by atoms with Crippen LogP contribution >= 0.6 is 11.3 Å². The Balaban J connectivity index is 1.41. The third kappa shape index (κ3) is 3.56. The lowest BCUT2D eigenvalue weighted by Gasteiger charge is -2.23. The average molecular weight is 423 g/mol. The Morgan fingerprint density at radius 3 is 3.10 bits per heavy atom. The van der Waals surface area contributed by atoms with Crippen molar-refractivity contribution in [2.24, 2.45) is 0 Å². The van der Waals surface area contributed by atoms with Crippen molar-refractivity contribution < 1.29 is 9.53 Å². The molecular formula is C21H22N6O2S. The average Bonchev–Trinajstić information content (AvgIpc) is 3.31. The summed E-state index contributed by atoms with van der Waals surface area (Å²) in [5.74, 6) is 0.803. The number of rotatable bonds is 4. The van der Waals surface area contributed by atoms with Gasteiger partial charge in [0.15, 0.2) is 0 Å². The van der Waals surface area contributed by atoms with Gasteiger partial charge in [0.25, 0.3) is 0 Å². The number of nitrogens with zero attached hydrogens (tertiary/aromatic N) is 3. The molecule has 0 bridgehead atoms. The van der Waals surface area contributed by atoms with Crippen LogP contribution in [0.1, 0.15) is 30.7 Å². The van der Waals surface area contributed by atoms with E-state index in [0.29, 0.717) is 6.42 Å². The van der Waals surface area contributed by atoms with Gasteiger partial charge in [-0.25, -0.2) is 14.8 Å². The SMILES string of the molecule is CC(C)NC(=O)OC1CCc2c(sc3ncnc(Nc4ccc5[nH]ncc5c4)c23)C1. The molecule has 154 valence electrons. The first-order valence-corrected chi connectivity index (χ1v) is 10.8. The second-order valence-corrected chi connectivity index (χ2v) is 8.86. The highest BCUT2D eigenvalue weighted by Crippen LogP contribution is 2.39. The van der Waals surface area contributed by atoms with Crippen molar-refractivity contribution in [2.75, 3.05) is 5.32 Å². The van der Waals surface area contributed by atoms with Crippen LogP contribution in [0.25, 0.3) is 21.1 Å². The Labute approximate surface area is 177 Å². The lowest BCUT2D eigenvalue weighted by atomic mass is 9.94. The maximum Gasteiger partial charge on any atom is 0.407 e. The molecule has 1 amide bonds. The lowest BCUT2D eigenvalue weighted by molar-refractivity contribution is 0.0885. The van der Waals surface area contributed by atoms with Gasteiger partial charge in [0.2, 0.25) is 0 Å². The first kappa shape index (κ1) is 18.8. The van der Waals surface area contributed by atoms with E-state index in [1.807, 2.05) is 32.0 Å². The highest BCUT2D eigenvalue weighted by molar-refractivity contribution is 7.19. The van der Waals surface area contributed by atoms with Crippen molar-refractivity contribution in [3.8, 4) is 0 Å². The number of aromatic amines is 1. The number of hydrogen-bond donors (Lipinski definition) is 3. The highest BCUT2D eigenvalue weighted by Gasteiger charge is 2.27. The number of aryl methyl sites for hydroxylation is 1. The molecule has 1 unspecified atom stereocenters. The molecule has 1 atom stereocenters. The van der Waals surface area contributed by atoms with E-state index in [9.17, 15) is 4.79 Å². The van der Waals surface area contributed by atoms with Crippen LogP contribution < -0.4 is 10.6 Å². The molecule has 8 nitrogen and oxygen atoms in total. The van der Waals surface area contributed by atoms with Crippen molar-refractivity contribution in [1.82, 2.24) is 25.5 Å². The zero-order chi connectivity index (χ0) is 20.7. The van der Waals surface area contributed by atoms with Gasteiger partial charge in [-0.2, -0.15) is 5.10 Å². The van der Waals surface area contributed by atoms with E-state index in [4.69, 9.17) is 4.74 Å². The van der Waals surface area contributed by atoms with E-state index < -0.39 is 0 Å². The smallest absolute Gasteiger partial charge is 0.407 e. The number of anilines is 2. The van der Waals surface area contributed by atoms with Crippen LogP contribution in [0.2, 0.25) is 0 Å². The van der Waals surface area contributed by atoms with Crippen LogP contribution in [0.15, 0.2) is 30.7 Å². The fourth-order valence-corrected chi connectivity index (χ4v) is 5.11. The summed E-state index contributed by atoms with van der Waals surface area (Å²) >= 11 is 1.66. The van der Waals surface area contributed by atoms with Gasteiger partial charge in [-0.05, 0) is 50.5 Å². The van der Waals surface area contributed by atoms with Crippen LogP contribution in [-0.2, 0) is 17.6 Å². The Kier molecular flexibility index (Phi) is 4.74. The van der Waals surface area contributed by atoms with Crippen molar-refractivity contribution in [2.45, 2.75) is 45.3 Å². The number of thiophene rings is 1. The number of hydrogen-bond acceptors (Lipinski definition) is 7. The molecule has 0 fully saturated rings. The summed E-state index contributed by atoms with van der Waals surface area (Å²) in [6.45, 7) is 3.84. The summed E-state index contributed by atoms with van der Waals surface area (Å²) in [6, 6.07) is 6.11. The molecule has 3 aromatic heterocycles. The summed E-state index contributed by atoms with van der Waals surface area (Å²) in [7, 11) is 0. The summed E-state index contributed by atoms with van der Waals surface area (Å²) < 4.78 is 5.61. The van der Waals surface area contributed by atoms with Gasteiger partial charge in [-0.1, -0.05) is 0 Å². The molecule has 0 aliphatic heterocycles. The second-order valence-electron chi connectivity index (χ2n) is 7.77. The molecule has 0 saturated carbocycles. The molecule has 0 radical (unpaired) electrons. The summed E-state index contributed by atoms with van der Waals surface area (Å²) in [5.41, 5.74) is 3.20. The van der Waals surface area contributed by atoms with Crippen molar-refractivity contribution >= 4 is 50.1 Å². The van der Waals surface area contributed by atoms with E-state index in [-0.39, 0.29) is 18.2 Å². The number of aromatic nitrogens is 4. The molecule has 3 N–H and O–H groups in total. The number of H-pyrrole nitrogens is 1. The molecule has 4 aromatic rings. The Hall–Kier alpha value is -3.20. The number of benzene rings is 1. The first-order chi connectivity index (χ1) is 14.6. The van der Waals surface area contributed by atoms with Crippen LogP contribution in [0.5, 0.6) is 0 Å². The molecule has 1 aromatic carbocycles. The molecule has 30 heavy (non-hydrogen) atoms. The van der Waals surface area contributed by atoms with Gasteiger partial charge in [0, 0.05) is 28.4 Å². The molecule has 0 spiro atoms. The molecular weight excluding hydrogens is 400 g/mol. The zero-order valence-electron chi connectivity index (χ0n) is 16.7. The van der Waals surface area contributed by atoms with Gasteiger partial charge < -0.3 is 15.4 Å². The minimum Gasteiger partial charge on any atom is -0.446 e. The molecule has 0 saturated heterocycles. The monoisotopic (exact) mass is 422 g/mol. The number of nitrogens with one attached hydrogen (secondary N) is 3. The summed E-state index contributed by atoms with van der Waals surface area (Å²) in [4.78, 5) is 23.1. The minimum absolute atomic E-state index is 0.0613. The maximum absolute atomic E-state index is 12.0. The third-order valence-electron chi connectivity index (χ3n) is 5.18. The molecule has 1 aliphatic carbocycles. The number of ether oxygens (including phenoxy) is 1. The number of amides is 1. The Morgan fingerprint density at radius 1 is 1.33 bits per heavy atom. The predicted molar refractivity (Wildman–Crippen MR) is 117 cm³/mol. The molecule has 3 heterocycles. The van der Waals surface area contributed by atoms with Gasteiger partial charge in [0.05, 0.1) is 17.1 Å². The first-order valence-electron chi connectivity index (χ1n) is 9.99. The van der Waals surface area contributed by atoms with Crippen molar-refractivity contribution in [3.63, 3.8) is 0 Å². The van der Waals surface area contributed by atoms with Crippen molar-refractivity contribution in [3.05, 3.63) is 41.2 Å². The molecule has 1 aliphatic rings. The fraction of sp³-hybridized carbons (Fsp3) is 0.333. The number of carbonyl (C=O) groups is 1. The standard InChI is InChI=1S/C21H22N6O2S/c1-11(2)25-21(28)29-14-4-5-15-17(8-14)30-20-18(15)19(22-10-23-20)26-13-3-6-16-12(7-13)9-24-27-16/h3,6-7,9-11,14H,4-5,8H2,1-2H3,(H,24,27)(H,25,28)(H,22,23,26). The number of alkyl carbamates (subject to hydrolysis) is 1. The zero-order valence-corrected chi connectivity index (χ0v) is 17.5. The van der Waals surface area contributed by atoms with Gasteiger partial charge in [-0.15, -0.1) is 11.3 Å². The lowest BCUT2D eigenvalue weighted by Crippen LogP contribution is -2.35. The fourth-order valence-electron chi connectivity index (χ4n) is 3.85. The largest absolute Gasteiger partial charge is 0.446 e. The van der Waals surface area contributed by atoms with Crippen LogP contribution in [-0.4, -0.2) is 38.4 Å². The maximum atomic E-state index is 12.0. The molecule has 9 heteroatoms. The molecule has 5 rings (SSSR count). The van der Waals surface area contributed by atoms with E-state index in [1.165, 1.54) is 10.4 Å². The predicted octanol–water partition coefficient (Wildman–Crippen LogP) is 4.30. The highest BCUT2D eigenvalue weighted by atomic mass is 32.1. The topological polar surface area (TPSA) is 105 Å². The number of carbonyl (C=O) groups excluding carboxylic acids is 1. The van der Waals surface area contributed by atoms with Gasteiger partial charge >= 0.3 is 6.09 Å². The van der Waals surface area contributed by atoms with E-state index in [2.05, 4.69) is 30.8 Å². The second kappa shape index (κ2) is 7.56. The Morgan fingerprint density at radius 2 is 2.23 bits per heavy atom. The van der Waals surface area contributed by atoms with Gasteiger partial charge in [0.1, 0.15) is 23.1 Å². The summed E-state index contributed by atoms with van der Waals surface area (Å²) in [5, 5.41) is 15.4. The van der Waals surface area contributed by atoms with Gasteiger partial charge in [-0.3, -0.25) is 5.10 Å². The minimum atomic E-state index is -0.351. The van der Waals surface area contributed by atoms with Crippen LogP contribution in [0.4, 0.5) is 16.3 Å².